The first-order valence-electron chi connectivity index (χ1n) is 12.4. The van der Waals surface area contributed by atoms with Crippen molar-refractivity contribution in [2.75, 3.05) is 19.0 Å². The average molecular weight is 553 g/mol. The number of aromatic nitrogens is 2. The molecular formula is C29H24N6O4S. The van der Waals surface area contributed by atoms with E-state index in [1.165, 1.54) is 12.1 Å². The standard InChI is InChI=1S/C29H24N6O4S/c1-35(2)21-11-7-19(8-12-21)31-32-20-9-13-22(14-10-20)40(37,38)30-17-18-6-15-25-24(16-18)28-27-23(29(36)34-33-28)4-3-5-26(27)39-25/h3-16,30H,17H2,1-2H3,(H,34,36). The van der Waals surface area contributed by atoms with E-state index in [1.54, 1.807) is 42.5 Å². The Labute approximate surface area is 230 Å². The van der Waals surface area contributed by atoms with Gasteiger partial charge in [0.25, 0.3) is 5.56 Å². The molecule has 1 aliphatic rings. The van der Waals surface area contributed by atoms with Gasteiger partial charge in [-0.25, -0.2) is 18.2 Å². The molecule has 11 heteroatoms. The predicted octanol–water partition coefficient (Wildman–Crippen LogP) is 5.66. The van der Waals surface area contributed by atoms with Crippen molar-refractivity contribution in [1.82, 2.24) is 14.9 Å². The highest BCUT2D eigenvalue weighted by atomic mass is 32.2. The third kappa shape index (κ3) is 4.83. The first-order valence-corrected chi connectivity index (χ1v) is 13.9. The van der Waals surface area contributed by atoms with Gasteiger partial charge < -0.3 is 9.64 Å². The summed E-state index contributed by atoms with van der Waals surface area (Å²) in [6.07, 6.45) is 0. The monoisotopic (exact) mass is 552 g/mol. The Kier molecular flexibility index (Phi) is 6.37. The van der Waals surface area contributed by atoms with Gasteiger partial charge >= 0.3 is 0 Å². The topological polar surface area (TPSA) is 129 Å². The van der Waals surface area contributed by atoms with Crippen LogP contribution < -0.4 is 19.9 Å². The third-order valence-electron chi connectivity index (χ3n) is 6.56. The lowest BCUT2D eigenvalue weighted by atomic mass is 9.99. The van der Waals surface area contributed by atoms with Crippen LogP contribution in [0.15, 0.2) is 105 Å². The van der Waals surface area contributed by atoms with Crippen molar-refractivity contribution in [2.24, 2.45) is 10.2 Å². The van der Waals surface area contributed by atoms with Crippen LogP contribution in [0.4, 0.5) is 17.1 Å². The average Bonchev–Trinajstić information content (AvgIpc) is 2.97. The molecule has 4 aromatic carbocycles. The van der Waals surface area contributed by atoms with Gasteiger partial charge in [-0.3, -0.25) is 4.79 Å². The van der Waals surface area contributed by atoms with Crippen molar-refractivity contribution in [3.05, 3.63) is 101 Å². The van der Waals surface area contributed by atoms with Gasteiger partial charge in [0.2, 0.25) is 10.0 Å². The Morgan fingerprint density at radius 2 is 1.60 bits per heavy atom. The number of hydrogen-bond acceptors (Lipinski definition) is 8. The normalized spacial score (nSPS) is 12.3. The SMILES string of the molecule is CN(C)c1ccc(N=Nc2ccc(S(=O)(=O)NCc3ccc4c(c3)-c3n[nH]c(=O)c5cccc(c35)O4)cc2)cc1. The number of azo groups is 1. The molecule has 40 heavy (non-hydrogen) atoms. The smallest absolute Gasteiger partial charge is 0.272 e. The molecule has 10 nitrogen and oxygen atoms in total. The van der Waals surface area contributed by atoms with Crippen LogP contribution in [0.1, 0.15) is 5.56 Å². The largest absolute Gasteiger partial charge is 0.456 e. The number of aromatic amines is 1. The molecule has 1 aliphatic heterocycles. The van der Waals surface area contributed by atoms with Gasteiger partial charge in [-0.2, -0.15) is 15.3 Å². The molecule has 0 saturated carbocycles. The second-order valence-corrected chi connectivity index (χ2v) is 11.2. The van der Waals surface area contributed by atoms with E-state index in [0.717, 1.165) is 5.69 Å². The highest BCUT2D eigenvalue weighted by Gasteiger charge is 2.23. The van der Waals surface area contributed by atoms with Gasteiger partial charge in [0.05, 0.1) is 27.0 Å². The number of hydrogen-bond donors (Lipinski definition) is 2. The minimum absolute atomic E-state index is 0.0498. The number of anilines is 1. The maximum atomic E-state index is 13.0. The zero-order valence-corrected chi connectivity index (χ0v) is 22.4. The maximum absolute atomic E-state index is 13.0. The quantitative estimate of drug-likeness (QED) is 0.246. The molecule has 0 unspecified atom stereocenters. The highest BCUT2D eigenvalue weighted by molar-refractivity contribution is 7.89. The molecule has 0 aliphatic carbocycles. The molecule has 6 rings (SSSR count). The molecule has 0 amide bonds. The first kappa shape index (κ1) is 25.4. The van der Waals surface area contributed by atoms with Crippen LogP contribution >= 0.6 is 0 Å². The number of benzene rings is 4. The lowest BCUT2D eigenvalue weighted by Crippen LogP contribution is -2.23. The minimum atomic E-state index is -3.79. The van der Waals surface area contributed by atoms with E-state index in [0.29, 0.717) is 50.5 Å². The summed E-state index contributed by atoms with van der Waals surface area (Å²) in [6, 6.07) is 24.4. The number of sulfonamides is 1. The van der Waals surface area contributed by atoms with Crippen LogP contribution in [0.5, 0.6) is 11.5 Å². The van der Waals surface area contributed by atoms with Crippen LogP contribution in [0.2, 0.25) is 0 Å². The van der Waals surface area contributed by atoms with Crippen LogP contribution in [-0.2, 0) is 16.6 Å². The summed E-state index contributed by atoms with van der Waals surface area (Å²) >= 11 is 0. The number of fused-ring (bicyclic) bond motifs is 2. The van der Waals surface area contributed by atoms with E-state index in [-0.39, 0.29) is 17.0 Å². The maximum Gasteiger partial charge on any atom is 0.272 e. The Morgan fingerprint density at radius 1 is 0.900 bits per heavy atom. The Hall–Kier alpha value is -4.87. The van der Waals surface area contributed by atoms with Gasteiger partial charge in [-0.05, 0) is 78.4 Å². The number of nitrogens with one attached hydrogen (secondary N) is 2. The van der Waals surface area contributed by atoms with E-state index < -0.39 is 10.0 Å². The molecule has 0 bridgehead atoms. The third-order valence-corrected chi connectivity index (χ3v) is 7.97. The summed E-state index contributed by atoms with van der Waals surface area (Å²) in [4.78, 5) is 14.3. The van der Waals surface area contributed by atoms with E-state index in [4.69, 9.17) is 4.74 Å². The number of nitrogens with zero attached hydrogens (tertiary/aromatic N) is 4. The fourth-order valence-electron chi connectivity index (χ4n) is 4.43. The summed E-state index contributed by atoms with van der Waals surface area (Å²) in [7, 11) is 0.132. The van der Waals surface area contributed by atoms with Crippen LogP contribution in [0.3, 0.4) is 0 Å². The minimum Gasteiger partial charge on any atom is -0.456 e. The molecule has 0 atom stereocenters. The first-order chi connectivity index (χ1) is 19.3. The van der Waals surface area contributed by atoms with Crippen molar-refractivity contribution in [3.63, 3.8) is 0 Å². The van der Waals surface area contributed by atoms with E-state index in [9.17, 15) is 13.2 Å². The van der Waals surface area contributed by atoms with Gasteiger partial charge in [0, 0.05) is 31.9 Å². The Morgan fingerprint density at radius 3 is 2.30 bits per heavy atom. The molecule has 200 valence electrons. The Bertz CT molecular complexity index is 1930. The van der Waals surface area contributed by atoms with Crippen LogP contribution in [-0.4, -0.2) is 32.7 Å². The van der Waals surface area contributed by atoms with Gasteiger partial charge in [0.15, 0.2) is 0 Å². The highest BCUT2D eigenvalue weighted by Crippen LogP contribution is 2.44. The fraction of sp³-hybridized carbons (Fsp3) is 0.103. The van der Waals surface area contributed by atoms with Gasteiger partial charge in [0.1, 0.15) is 17.2 Å². The lowest BCUT2D eigenvalue weighted by molar-refractivity contribution is 0.485. The van der Waals surface area contributed by atoms with E-state index >= 15 is 0 Å². The predicted molar refractivity (Wildman–Crippen MR) is 153 cm³/mol. The van der Waals surface area contributed by atoms with E-state index in [2.05, 4.69) is 25.1 Å². The molecule has 5 aromatic rings. The van der Waals surface area contributed by atoms with Crippen molar-refractivity contribution < 1.29 is 13.2 Å². The zero-order chi connectivity index (χ0) is 27.9. The van der Waals surface area contributed by atoms with Crippen molar-refractivity contribution in [2.45, 2.75) is 11.4 Å². The number of ether oxygens (including phenoxy) is 1. The van der Waals surface area contributed by atoms with Crippen molar-refractivity contribution in [3.8, 4) is 22.8 Å². The van der Waals surface area contributed by atoms with Crippen molar-refractivity contribution >= 4 is 37.9 Å². The Balaban J connectivity index is 1.17. The van der Waals surface area contributed by atoms with Gasteiger partial charge in [-0.15, -0.1) is 0 Å². The zero-order valence-electron chi connectivity index (χ0n) is 21.6. The molecule has 1 aromatic heterocycles. The summed E-state index contributed by atoms with van der Waals surface area (Å²) in [5.74, 6) is 1.13. The molecule has 0 fully saturated rings. The molecule has 0 spiro atoms. The summed E-state index contributed by atoms with van der Waals surface area (Å²) in [5.41, 5.74) is 3.93. The second-order valence-electron chi connectivity index (χ2n) is 9.44. The summed E-state index contributed by atoms with van der Waals surface area (Å²) < 4.78 is 34.6. The second kappa shape index (κ2) is 10.0. The molecule has 0 saturated heterocycles. The van der Waals surface area contributed by atoms with Crippen LogP contribution in [0, 0.1) is 0 Å². The fourth-order valence-corrected chi connectivity index (χ4v) is 5.45. The van der Waals surface area contributed by atoms with Gasteiger partial charge in [-0.1, -0.05) is 12.1 Å². The molecule has 2 heterocycles. The van der Waals surface area contributed by atoms with Crippen molar-refractivity contribution in [1.29, 1.82) is 0 Å². The number of rotatable bonds is 7. The number of H-pyrrole nitrogens is 1. The molecular weight excluding hydrogens is 528 g/mol. The van der Waals surface area contributed by atoms with Crippen LogP contribution in [0.25, 0.3) is 22.0 Å². The van der Waals surface area contributed by atoms with E-state index in [1.807, 2.05) is 49.3 Å². The molecule has 0 radical (unpaired) electrons. The summed E-state index contributed by atoms with van der Waals surface area (Å²) in [5, 5.41) is 16.3. The summed E-state index contributed by atoms with van der Waals surface area (Å²) in [6.45, 7) is 0.0498. The lowest BCUT2D eigenvalue weighted by Gasteiger charge is -2.20. The molecule has 2 N–H and O–H groups in total.